The van der Waals surface area contributed by atoms with Gasteiger partial charge in [-0.25, -0.2) is 0 Å². The molecular formula is C22H27N3O3. The third-order valence-electron chi connectivity index (χ3n) is 4.85. The van der Waals surface area contributed by atoms with Crippen LogP contribution in [0.1, 0.15) is 58.6 Å². The Balaban J connectivity index is 1.62. The summed E-state index contributed by atoms with van der Waals surface area (Å²) in [6, 6.07) is 9.34. The van der Waals surface area contributed by atoms with E-state index in [-0.39, 0.29) is 24.3 Å². The zero-order valence-electron chi connectivity index (χ0n) is 17.1. The molecule has 0 fully saturated rings. The van der Waals surface area contributed by atoms with Crippen molar-refractivity contribution in [2.45, 2.75) is 53.8 Å². The van der Waals surface area contributed by atoms with E-state index in [0.717, 1.165) is 34.7 Å². The number of ether oxygens (including phenoxy) is 1. The molecule has 0 aliphatic carbocycles. The van der Waals surface area contributed by atoms with Crippen LogP contribution in [-0.2, 0) is 13.2 Å². The number of aryl methyl sites for hydroxylation is 3. The lowest BCUT2D eigenvalue weighted by Crippen LogP contribution is -2.26. The van der Waals surface area contributed by atoms with E-state index in [1.807, 2.05) is 57.5 Å². The van der Waals surface area contributed by atoms with Gasteiger partial charge < -0.3 is 14.5 Å². The Morgan fingerprint density at radius 3 is 2.75 bits per heavy atom. The SMILES string of the molecule is CCn1ncc(C(C)NC(=O)c2ccc(COc3cc(C)ccc3C)o2)c1C. The van der Waals surface area contributed by atoms with Gasteiger partial charge in [-0.1, -0.05) is 12.1 Å². The molecule has 0 radical (unpaired) electrons. The van der Waals surface area contributed by atoms with Gasteiger partial charge in [0.05, 0.1) is 12.2 Å². The molecule has 1 aromatic carbocycles. The number of rotatable bonds is 7. The van der Waals surface area contributed by atoms with Crippen molar-refractivity contribution in [2.75, 3.05) is 0 Å². The molecule has 0 aliphatic heterocycles. The van der Waals surface area contributed by atoms with E-state index < -0.39 is 0 Å². The number of benzene rings is 1. The molecule has 0 saturated carbocycles. The average Bonchev–Trinajstić information content (AvgIpc) is 3.29. The first-order valence-corrected chi connectivity index (χ1v) is 9.51. The minimum absolute atomic E-state index is 0.160. The van der Waals surface area contributed by atoms with Gasteiger partial charge in [0.1, 0.15) is 18.1 Å². The molecule has 28 heavy (non-hydrogen) atoms. The van der Waals surface area contributed by atoms with Crippen LogP contribution in [0.25, 0.3) is 0 Å². The topological polar surface area (TPSA) is 69.3 Å². The fourth-order valence-electron chi connectivity index (χ4n) is 3.14. The van der Waals surface area contributed by atoms with Gasteiger partial charge in [0.2, 0.25) is 0 Å². The minimum atomic E-state index is -0.255. The average molecular weight is 381 g/mol. The number of nitrogens with one attached hydrogen (secondary N) is 1. The number of carbonyl (C=O) groups is 1. The highest BCUT2D eigenvalue weighted by Gasteiger charge is 2.18. The molecule has 2 heterocycles. The molecule has 6 heteroatoms. The van der Waals surface area contributed by atoms with Gasteiger partial charge in [-0.15, -0.1) is 0 Å². The summed E-state index contributed by atoms with van der Waals surface area (Å²) in [6.07, 6.45) is 1.80. The Kier molecular flexibility index (Phi) is 5.87. The Labute approximate surface area is 165 Å². The predicted molar refractivity (Wildman–Crippen MR) is 107 cm³/mol. The molecule has 2 aromatic heterocycles. The third-order valence-corrected chi connectivity index (χ3v) is 4.85. The lowest BCUT2D eigenvalue weighted by atomic mass is 10.1. The molecule has 1 atom stereocenters. The zero-order valence-corrected chi connectivity index (χ0v) is 17.1. The van der Waals surface area contributed by atoms with Crippen molar-refractivity contribution in [2.24, 2.45) is 0 Å². The maximum absolute atomic E-state index is 12.5. The standard InChI is InChI=1S/C22H27N3O3/c1-6-25-17(5)19(12-23-25)16(4)24-22(26)20-10-9-18(28-20)13-27-21-11-14(2)7-8-15(21)3/h7-12,16H,6,13H2,1-5H3,(H,24,26). The number of amides is 1. The van der Waals surface area contributed by atoms with E-state index in [0.29, 0.717) is 5.76 Å². The zero-order chi connectivity index (χ0) is 20.3. The summed E-state index contributed by atoms with van der Waals surface area (Å²) in [6.45, 7) is 11.1. The summed E-state index contributed by atoms with van der Waals surface area (Å²) >= 11 is 0. The molecule has 3 rings (SSSR count). The van der Waals surface area contributed by atoms with Crippen molar-refractivity contribution in [3.05, 3.63) is 70.4 Å². The smallest absolute Gasteiger partial charge is 0.287 e. The number of hydrogen-bond donors (Lipinski definition) is 1. The summed E-state index contributed by atoms with van der Waals surface area (Å²) in [5, 5.41) is 7.30. The predicted octanol–water partition coefficient (Wildman–Crippen LogP) is 4.49. The van der Waals surface area contributed by atoms with Crippen LogP contribution in [0.5, 0.6) is 5.75 Å². The summed E-state index contributed by atoms with van der Waals surface area (Å²) < 4.78 is 13.4. The van der Waals surface area contributed by atoms with Gasteiger partial charge in [0.15, 0.2) is 5.76 Å². The van der Waals surface area contributed by atoms with Gasteiger partial charge in [-0.3, -0.25) is 9.48 Å². The Morgan fingerprint density at radius 2 is 2.04 bits per heavy atom. The fraction of sp³-hybridized carbons (Fsp3) is 0.364. The first-order valence-electron chi connectivity index (χ1n) is 9.51. The lowest BCUT2D eigenvalue weighted by molar-refractivity contribution is 0.0907. The van der Waals surface area contributed by atoms with Crippen LogP contribution in [0.3, 0.4) is 0 Å². The molecule has 3 aromatic rings. The largest absolute Gasteiger partial charge is 0.485 e. The summed E-state index contributed by atoms with van der Waals surface area (Å²) in [7, 11) is 0. The summed E-state index contributed by atoms with van der Waals surface area (Å²) in [4.78, 5) is 12.5. The highest BCUT2D eigenvalue weighted by atomic mass is 16.5. The summed E-state index contributed by atoms with van der Waals surface area (Å²) in [5.74, 6) is 1.44. The van der Waals surface area contributed by atoms with Crippen LogP contribution < -0.4 is 10.1 Å². The van der Waals surface area contributed by atoms with E-state index in [1.165, 1.54) is 0 Å². The molecule has 1 amide bonds. The molecule has 148 valence electrons. The second-order valence-corrected chi connectivity index (χ2v) is 7.02. The molecule has 0 aliphatic rings. The number of furan rings is 1. The van der Waals surface area contributed by atoms with Crippen molar-refractivity contribution >= 4 is 5.91 Å². The van der Waals surface area contributed by atoms with Crippen LogP contribution in [-0.4, -0.2) is 15.7 Å². The van der Waals surface area contributed by atoms with Gasteiger partial charge in [0.25, 0.3) is 5.91 Å². The maximum Gasteiger partial charge on any atom is 0.287 e. The Bertz CT molecular complexity index is 971. The maximum atomic E-state index is 12.5. The van der Waals surface area contributed by atoms with Crippen LogP contribution in [0.2, 0.25) is 0 Å². The Hall–Kier alpha value is -3.02. The second kappa shape index (κ2) is 8.33. The summed E-state index contributed by atoms with van der Waals surface area (Å²) in [5.41, 5.74) is 4.25. The number of carbonyl (C=O) groups excluding carboxylic acids is 1. The van der Waals surface area contributed by atoms with Crippen molar-refractivity contribution in [1.82, 2.24) is 15.1 Å². The normalized spacial score (nSPS) is 12.0. The highest BCUT2D eigenvalue weighted by Crippen LogP contribution is 2.21. The highest BCUT2D eigenvalue weighted by molar-refractivity contribution is 5.91. The molecule has 0 saturated heterocycles. The van der Waals surface area contributed by atoms with Gasteiger partial charge in [-0.2, -0.15) is 5.10 Å². The van der Waals surface area contributed by atoms with Gasteiger partial charge in [0, 0.05) is 17.8 Å². The quantitative estimate of drug-likeness (QED) is 0.655. The third kappa shape index (κ3) is 4.27. The second-order valence-electron chi connectivity index (χ2n) is 7.02. The number of hydrogen-bond acceptors (Lipinski definition) is 4. The van der Waals surface area contributed by atoms with Crippen molar-refractivity contribution in [1.29, 1.82) is 0 Å². The van der Waals surface area contributed by atoms with Crippen LogP contribution in [0.4, 0.5) is 0 Å². The first-order chi connectivity index (χ1) is 13.4. The monoisotopic (exact) mass is 381 g/mol. The van der Waals surface area contributed by atoms with E-state index in [2.05, 4.69) is 10.4 Å². The first kappa shape index (κ1) is 19.7. The van der Waals surface area contributed by atoms with E-state index >= 15 is 0 Å². The molecule has 1 N–H and O–H groups in total. The fourth-order valence-corrected chi connectivity index (χ4v) is 3.14. The van der Waals surface area contributed by atoms with Crippen molar-refractivity contribution in [3.8, 4) is 5.75 Å². The molecule has 6 nitrogen and oxygen atoms in total. The molecule has 0 spiro atoms. The van der Waals surface area contributed by atoms with Crippen molar-refractivity contribution < 1.29 is 13.9 Å². The number of aromatic nitrogens is 2. The van der Waals surface area contributed by atoms with Gasteiger partial charge in [-0.05, 0) is 63.9 Å². The van der Waals surface area contributed by atoms with Gasteiger partial charge >= 0.3 is 0 Å². The molecule has 0 bridgehead atoms. The minimum Gasteiger partial charge on any atom is -0.485 e. The van der Waals surface area contributed by atoms with Crippen LogP contribution in [0.15, 0.2) is 40.9 Å². The van der Waals surface area contributed by atoms with Crippen LogP contribution >= 0.6 is 0 Å². The molecule has 1 unspecified atom stereocenters. The van der Waals surface area contributed by atoms with Crippen LogP contribution in [0, 0.1) is 20.8 Å². The van der Waals surface area contributed by atoms with E-state index in [4.69, 9.17) is 9.15 Å². The lowest BCUT2D eigenvalue weighted by Gasteiger charge is -2.13. The number of nitrogens with zero attached hydrogens (tertiary/aromatic N) is 2. The van der Waals surface area contributed by atoms with E-state index in [1.54, 1.807) is 18.3 Å². The van der Waals surface area contributed by atoms with E-state index in [9.17, 15) is 4.79 Å². The molecular weight excluding hydrogens is 354 g/mol. The van der Waals surface area contributed by atoms with Crippen molar-refractivity contribution in [3.63, 3.8) is 0 Å². The Morgan fingerprint density at radius 1 is 1.25 bits per heavy atom.